The van der Waals surface area contributed by atoms with E-state index in [1.807, 2.05) is 4.90 Å². The van der Waals surface area contributed by atoms with E-state index in [1.54, 1.807) is 12.1 Å². The second-order valence-corrected chi connectivity index (χ2v) is 7.24. The van der Waals surface area contributed by atoms with Crippen LogP contribution in [0, 0.1) is 11.7 Å². The van der Waals surface area contributed by atoms with Crippen LogP contribution in [0.4, 0.5) is 4.39 Å². The van der Waals surface area contributed by atoms with Crippen molar-refractivity contribution in [2.24, 2.45) is 5.92 Å². The second kappa shape index (κ2) is 9.67. The standard InChI is InChI=1S/C20H29FN2O2.ClH/c1-2-22-15-16-7-11-23(12-8-16)19(24)20(9-13-25-14-10-20)17-3-5-18(21)6-4-17;/h3-6,16,22H,2,7-15H2,1H3;1H. The van der Waals surface area contributed by atoms with Crippen molar-refractivity contribution < 1.29 is 13.9 Å². The molecule has 0 radical (unpaired) electrons. The van der Waals surface area contributed by atoms with Gasteiger partial charge in [0.25, 0.3) is 0 Å². The molecule has 1 N–H and O–H groups in total. The van der Waals surface area contributed by atoms with Crippen molar-refractivity contribution >= 4 is 18.3 Å². The molecule has 0 atom stereocenters. The van der Waals surface area contributed by atoms with Gasteiger partial charge in [0.05, 0.1) is 5.41 Å². The van der Waals surface area contributed by atoms with Crippen LogP contribution in [0.3, 0.4) is 0 Å². The Bertz CT molecular complexity index is 568. The van der Waals surface area contributed by atoms with Crippen molar-refractivity contribution in [2.75, 3.05) is 39.4 Å². The van der Waals surface area contributed by atoms with Crippen LogP contribution >= 0.6 is 12.4 Å². The highest BCUT2D eigenvalue weighted by atomic mass is 35.5. The molecule has 0 bridgehead atoms. The molecule has 0 saturated carbocycles. The Morgan fingerprint density at radius 1 is 1.23 bits per heavy atom. The highest BCUT2D eigenvalue weighted by Crippen LogP contribution is 2.37. The molecule has 26 heavy (non-hydrogen) atoms. The minimum atomic E-state index is -0.555. The van der Waals surface area contributed by atoms with Crippen molar-refractivity contribution in [2.45, 2.75) is 38.0 Å². The molecule has 2 fully saturated rings. The first-order chi connectivity index (χ1) is 12.2. The van der Waals surface area contributed by atoms with E-state index in [-0.39, 0.29) is 24.1 Å². The molecule has 1 amide bonds. The van der Waals surface area contributed by atoms with E-state index in [2.05, 4.69) is 12.2 Å². The Balaban J connectivity index is 0.00000243. The third-order valence-corrected chi connectivity index (χ3v) is 5.74. The van der Waals surface area contributed by atoms with E-state index in [0.717, 1.165) is 44.6 Å². The summed E-state index contributed by atoms with van der Waals surface area (Å²) in [4.78, 5) is 15.5. The molecule has 0 aromatic heterocycles. The van der Waals surface area contributed by atoms with E-state index in [1.165, 1.54) is 12.1 Å². The van der Waals surface area contributed by atoms with Crippen molar-refractivity contribution in [3.63, 3.8) is 0 Å². The first-order valence-electron chi connectivity index (χ1n) is 9.49. The molecular weight excluding hydrogens is 355 g/mol. The molecule has 1 aromatic rings. The van der Waals surface area contributed by atoms with Gasteiger partial charge < -0.3 is 15.0 Å². The Kier molecular flexibility index (Phi) is 7.86. The molecule has 146 valence electrons. The maximum atomic E-state index is 13.4. The number of hydrogen-bond acceptors (Lipinski definition) is 3. The summed E-state index contributed by atoms with van der Waals surface area (Å²) in [5.41, 5.74) is 0.373. The van der Waals surface area contributed by atoms with Gasteiger partial charge in [-0.25, -0.2) is 4.39 Å². The SMILES string of the molecule is CCNCC1CCN(C(=O)C2(c3ccc(F)cc3)CCOCC2)CC1.Cl. The number of benzene rings is 1. The Hall–Kier alpha value is -1.17. The number of nitrogens with zero attached hydrogens (tertiary/aromatic N) is 1. The zero-order valence-electron chi connectivity index (χ0n) is 15.5. The monoisotopic (exact) mass is 384 g/mol. The van der Waals surface area contributed by atoms with Crippen molar-refractivity contribution in [3.05, 3.63) is 35.6 Å². The van der Waals surface area contributed by atoms with E-state index < -0.39 is 5.41 Å². The summed E-state index contributed by atoms with van der Waals surface area (Å²) < 4.78 is 18.9. The van der Waals surface area contributed by atoms with E-state index in [9.17, 15) is 9.18 Å². The number of carbonyl (C=O) groups excluding carboxylic acids is 1. The molecule has 0 spiro atoms. The predicted octanol–water partition coefficient (Wildman–Crippen LogP) is 3.14. The Morgan fingerprint density at radius 3 is 2.42 bits per heavy atom. The number of ether oxygens (including phenoxy) is 1. The summed E-state index contributed by atoms with van der Waals surface area (Å²) in [5.74, 6) is 0.590. The first kappa shape index (κ1) is 21.1. The number of nitrogens with one attached hydrogen (secondary N) is 1. The van der Waals surface area contributed by atoms with Crippen LogP contribution < -0.4 is 5.32 Å². The lowest BCUT2D eigenvalue weighted by atomic mass is 9.72. The zero-order chi connectivity index (χ0) is 17.7. The number of halogens is 2. The normalized spacial score (nSPS) is 20.5. The second-order valence-electron chi connectivity index (χ2n) is 7.24. The van der Waals surface area contributed by atoms with Crippen molar-refractivity contribution in [1.29, 1.82) is 0 Å². The van der Waals surface area contributed by atoms with Gasteiger partial charge in [-0.05, 0) is 62.4 Å². The number of hydrogen-bond donors (Lipinski definition) is 1. The van der Waals surface area contributed by atoms with Gasteiger partial charge in [0.2, 0.25) is 5.91 Å². The number of carbonyl (C=O) groups is 1. The summed E-state index contributed by atoms with van der Waals surface area (Å²) in [6.45, 7) is 6.95. The van der Waals surface area contributed by atoms with Gasteiger partial charge in [-0.1, -0.05) is 19.1 Å². The zero-order valence-corrected chi connectivity index (χ0v) is 16.3. The molecule has 6 heteroatoms. The minimum Gasteiger partial charge on any atom is -0.381 e. The van der Waals surface area contributed by atoms with Crippen LogP contribution in [-0.4, -0.2) is 50.2 Å². The third-order valence-electron chi connectivity index (χ3n) is 5.74. The molecule has 0 unspecified atom stereocenters. The maximum absolute atomic E-state index is 13.4. The summed E-state index contributed by atoms with van der Waals surface area (Å²) in [7, 11) is 0. The fourth-order valence-corrected chi connectivity index (χ4v) is 4.11. The molecule has 1 aromatic carbocycles. The fraction of sp³-hybridized carbons (Fsp3) is 0.650. The van der Waals surface area contributed by atoms with Crippen molar-refractivity contribution in [3.8, 4) is 0 Å². The van der Waals surface area contributed by atoms with Crippen LogP contribution in [0.2, 0.25) is 0 Å². The van der Waals surface area contributed by atoms with Gasteiger partial charge >= 0.3 is 0 Å². The molecule has 2 aliphatic heterocycles. The number of piperidine rings is 1. The third kappa shape index (κ3) is 4.56. The lowest BCUT2D eigenvalue weighted by Gasteiger charge is -2.42. The predicted molar refractivity (Wildman–Crippen MR) is 103 cm³/mol. The molecule has 2 aliphatic rings. The van der Waals surface area contributed by atoms with Gasteiger partial charge in [0.1, 0.15) is 5.82 Å². The smallest absolute Gasteiger partial charge is 0.233 e. The Morgan fingerprint density at radius 2 is 1.85 bits per heavy atom. The lowest BCUT2D eigenvalue weighted by molar-refractivity contribution is -0.142. The average Bonchev–Trinajstić information content (AvgIpc) is 2.67. The molecule has 4 nitrogen and oxygen atoms in total. The van der Waals surface area contributed by atoms with Crippen LogP contribution in [-0.2, 0) is 14.9 Å². The van der Waals surface area contributed by atoms with Gasteiger partial charge in [0, 0.05) is 26.3 Å². The summed E-state index contributed by atoms with van der Waals surface area (Å²) in [6, 6.07) is 6.47. The summed E-state index contributed by atoms with van der Waals surface area (Å²) in [5, 5.41) is 3.41. The molecule has 3 rings (SSSR count). The fourth-order valence-electron chi connectivity index (χ4n) is 4.11. The van der Waals surface area contributed by atoms with Crippen LogP contribution in [0.15, 0.2) is 24.3 Å². The minimum absolute atomic E-state index is 0. The first-order valence-corrected chi connectivity index (χ1v) is 9.49. The highest BCUT2D eigenvalue weighted by molar-refractivity contribution is 5.88. The summed E-state index contributed by atoms with van der Waals surface area (Å²) in [6.07, 6.45) is 3.45. The van der Waals surface area contributed by atoms with Gasteiger partial charge in [-0.15, -0.1) is 12.4 Å². The van der Waals surface area contributed by atoms with Crippen LogP contribution in [0.1, 0.15) is 38.2 Å². The highest BCUT2D eigenvalue weighted by Gasteiger charge is 2.44. The molecule has 2 heterocycles. The van der Waals surface area contributed by atoms with Gasteiger partial charge in [-0.2, -0.15) is 0 Å². The van der Waals surface area contributed by atoms with Gasteiger partial charge in [-0.3, -0.25) is 4.79 Å². The molecular formula is C20H30ClFN2O2. The Labute approximate surface area is 161 Å². The van der Waals surface area contributed by atoms with Crippen LogP contribution in [0.25, 0.3) is 0 Å². The van der Waals surface area contributed by atoms with E-state index in [4.69, 9.17) is 4.74 Å². The van der Waals surface area contributed by atoms with Gasteiger partial charge in [0.15, 0.2) is 0 Å². The summed E-state index contributed by atoms with van der Waals surface area (Å²) >= 11 is 0. The maximum Gasteiger partial charge on any atom is 0.233 e. The van der Waals surface area contributed by atoms with E-state index >= 15 is 0 Å². The quantitative estimate of drug-likeness (QED) is 0.847. The lowest BCUT2D eigenvalue weighted by Crippen LogP contribution is -2.52. The molecule has 0 aliphatic carbocycles. The molecule has 2 saturated heterocycles. The van der Waals surface area contributed by atoms with Crippen LogP contribution in [0.5, 0.6) is 0 Å². The topological polar surface area (TPSA) is 41.6 Å². The number of amides is 1. The number of likely N-dealkylation sites (tertiary alicyclic amines) is 1. The van der Waals surface area contributed by atoms with E-state index in [0.29, 0.717) is 32.0 Å². The number of rotatable bonds is 5. The van der Waals surface area contributed by atoms with Crippen molar-refractivity contribution in [1.82, 2.24) is 10.2 Å². The average molecular weight is 385 g/mol. The largest absolute Gasteiger partial charge is 0.381 e.